The number of ether oxygens (including phenoxy) is 4. The van der Waals surface area contributed by atoms with Gasteiger partial charge in [0.1, 0.15) is 19.3 Å². The number of rotatable bonds is 75. The lowest BCUT2D eigenvalue weighted by molar-refractivity contribution is -0.161. The van der Waals surface area contributed by atoms with Gasteiger partial charge in [0.25, 0.3) is 0 Å². The summed E-state index contributed by atoms with van der Waals surface area (Å²) in [6.45, 7) is 4.50. The summed E-state index contributed by atoms with van der Waals surface area (Å²) in [6.07, 6.45) is 90.9. The maximum atomic E-state index is 13.1. The van der Waals surface area contributed by atoms with Gasteiger partial charge >= 0.3 is 39.5 Å². The van der Waals surface area contributed by atoms with Crippen LogP contribution in [0.3, 0.4) is 0 Å². The van der Waals surface area contributed by atoms with Crippen LogP contribution in [0.1, 0.15) is 310 Å². The second-order valence-electron chi connectivity index (χ2n) is 26.6. The zero-order valence-corrected chi connectivity index (χ0v) is 67.8. The van der Waals surface area contributed by atoms with Gasteiger partial charge in [0.2, 0.25) is 0 Å². The van der Waals surface area contributed by atoms with Gasteiger partial charge in [-0.3, -0.25) is 37.3 Å². The Labute approximate surface area is 642 Å². The molecular weight excluding hydrogens is 1380 g/mol. The fourth-order valence-corrected chi connectivity index (χ4v) is 11.9. The number of unbranched alkanes of at least 4 members (excludes halogenated alkanes) is 23. The number of aliphatic hydroxyl groups is 1. The van der Waals surface area contributed by atoms with Crippen LogP contribution < -0.4 is 0 Å². The minimum absolute atomic E-state index is 0.00383. The monoisotopic (exact) mass is 1520 g/mol. The lowest BCUT2D eigenvalue weighted by atomic mass is 10.1. The molecule has 0 aliphatic rings. The first kappa shape index (κ1) is 101. The smallest absolute Gasteiger partial charge is 0.462 e. The van der Waals surface area contributed by atoms with Crippen molar-refractivity contribution in [3.63, 3.8) is 0 Å². The highest BCUT2D eigenvalue weighted by molar-refractivity contribution is 7.47. The Kier molecular flexibility index (Phi) is 73.9. The van der Waals surface area contributed by atoms with Crippen LogP contribution >= 0.6 is 15.6 Å². The molecule has 17 nitrogen and oxygen atoms in total. The van der Waals surface area contributed by atoms with Gasteiger partial charge in [0, 0.05) is 25.7 Å². The topological polar surface area (TPSA) is 237 Å². The normalized spacial score (nSPS) is 14.7. The molecule has 19 heteroatoms. The lowest BCUT2D eigenvalue weighted by Crippen LogP contribution is -2.30. The molecule has 0 saturated heterocycles. The van der Waals surface area contributed by atoms with Crippen molar-refractivity contribution in [2.24, 2.45) is 0 Å². The van der Waals surface area contributed by atoms with E-state index in [-0.39, 0.29) is 25.7 Å². The van der Waals surface area contributed by atoms with Crippen molar-refractivity contribution >= 4 is 39.5 Å². The van der Waals surface area contributed by atoms with Crippen molar-refractivity contribution in [1.82, 2.24) is 0 Å². The van der Waals surface area contributed by atoms with E-state index >= 15 is 0 Å². The molecule has 0 aliphatic heterocycles. The van der Waals surface area contributed by atoms with E-state index in [1.807, 2.05) is 12.2 Å². The number of esters is 4. The van der Waals surface area contributed by atoms with E-state index < -0.39 is 97.5 Å². The van der Waals surface area contributed by atoms with Crippen molar-refractivity contribution < 1.29 is 80.2 Å². The van der Waals surface area contributed by atoms with E-state index in [0.29, 0.717) is 32.1 Å². The van der Waals surface area contributed by atoms with Crippen LogP contribution in [-0.4, -0.2) is 96.7 Å². The molecule has 0 rings (SSSR count). The highest BCUT2D eigenvalue weighted by atomic mass is 31.2. The third-order valence-electron chi connectivity index (χ3n) is 16.5. The first-order valence-corrected chi connectivity index (χ1v) is 43.7. The summed E-state index contributed by atoms with van der Waals surface area (Å²) in [5.74, 6) is -2.30. The zero-order chi connectivity index (χ0) is 77.4. The van der Waals surface area contributed by atoms with Gasteiger partial charge in [-0.05, 0) is 148 Å². The lowest BCUT2D eigenvalue weighted by Gasteiger charge is -2.21. The van der Waals surface area contributed by atoms with E-state index in [9.17, 15) is 43.2 Å². The van der Waals surface area contributed by atoms with Crippen LogP contribution in [0.15, 0.2) is 158 Å². The second-order valence-corrected chi connectivity index (χ2v) is 29.5. The Morgan fingerprint density at radius 3 is 0.821 bits per heavy atom. The van der Waals surface area contributed by atoms with Crippen LogP contribution in [-0.2, 0) is 65.4 Å². The molecule has 604 valence electrons. The highest BCUT2D eigenvalue weighted by Crippen LogP contribution is 2.45. The molecule has 0 bridgehead atoms. The maximum absolute atomic E-state index is 13.1. The van der Waals surface area contributed by atoms with Gasteiger partial charge in [-0.25, -0.2) is 9.13 Å². The van der Waals surface area contributed by atoms with Gasteiger partial charge in [-0.2, -0.15) is 0 Å². The van der Waals surface area contributed by atoms with E-state index in [1.54, 1.807) is 0 Å². The van der Waals surface area contributed by atoms with Gasteiger partial charge in [-0.1, -0.05) is 295 Å². The average Bonchev–Trinajstić information content (AvgIpc) is 0.919. The molecule has 0 spiro atoms. The van der Waals surface area contributed by atoms with Gasteiger partial charge in [0.15, 0.2) is 12.2 Å². The fourth-order valence-electron chi connectivity index (χ4n) is 10.3. The quantitative estimate of drug-likeness (QED) is 0.0169. The van der Waals surface area contributed by atoms with Gasteiger partial charge in [0.05, 0.1) is 26.4 Å². The molecule has 0 saturated carbocycles. The summed E-state index contributed by atoms with van der Waals surface area (Å²) in [5.41, 5.74) is 0. The Balaban J connectivity index is 5.43. The third kappa shape index (κ3) is 76.9. The third-order valence-corrected chi connectivity index (χ3v) is 18.4. The summed E-state index contributed by atoms with van der Waals surface area (Å²) in [6, 6.07) is 0. The first-order valence-electron chi connectivity index (χ1n) is 40.7. The molecule has 0 aromatic rings. The molecule has 0 amide bonds. The minimum Gasteiger partial charge on any atom is -0.462 e. The number of phosphoric ester groups is 2. The summed E-state index contributed by atoms with van der Waals surface area (Å²) < 4.78 is 68.5. The molecule has 106 heavy (non-hydrogen) atoms. The van der Waals surface area contributed by atoms with Crippen molar-refractivity contribution in [1.29, 1.82) is 0 Å². The van der Waals surface area contributed by atoms with E-state index in [2.05, 4.69) is 174 Å². The fraction of sp³-hybridized carbons (Fsp3) is 0.655. The van der Waals surface area contributed by atoms with Crippen molar-refractivity contribution in [2.75, 3.05) is 39.6 Å². The number of carbonyl (C=O) groups is 4. The molecule has 0 aromatic heterocycles. The number of allylic oxidation sites excluding steroid dienone is 26. The van der Waals surface area contributed by atoms with E-state index in [4.69, 9.17) is 37.0 Å². The number of hydrogen-bond donors (Lipinski definition) is 3. The van der Waals surface area contributed by atoms with Crippen LogP contribution in [0.4, 0.5) is 0 Å². The SMILES string of the molecule is CC/C=C\C/C=C\C/C=C\C/C=C\C/C=C\CCCCCC(=O)OCC(COP(=O)(O)OCC(O)COP(=O)(O)OCC(COC(=O)CCCCCCCC/C=C\C/C=C\C/C=C\CCCCC)OC(=O)CCCCCCCCCCCCC)OC(=O)CCC/C=C\C/C=C\C/C=C\C/C=C\C/C=C\CC. The number of aliphatic hydroxyl groups excluding tert-OH is 1. The standard InChI is InChI=1S/C87H144O17P2/c1-5-9-13-17-21-25-29-32-35-38-40-43-45-48-52-55-59-63-67-71-84(89)97-77-82(103-86(91)73-69-65-61-57-51-28-24-20-16-12-8-4)79-101-105(93,94)99-75-81(88)76-100-106(95,96)102-80-83(104-87(92)74-70-66-62-58-54-50-47-42-37-34-31-27-23-19-15-11-7-3)78-98-85(90)72-68-64-60-56-53-49-46-44-41-39-36-33-30-26-22-18-14-10-6-2/h10-11,14-15,21-23,25-27,32-37,40-41,43-44,47,49-50,53,58,62,81-83,88H,5-9,12-13,16-20,24,28-31,38-39,42,45-46,48,51-52,54-57,59-61,63-80H2,1-4H3,(H,93,94)(H,95,96)/b14-10-,15-11-,25-21-,26-22-,27-23-,35-32-,36-33-,37-34-,43-40-,44-41-,50-47-,53-49-,62-58-. The molecule has 5 atom stereocenters. The number of carbonyl (C=O) groups excluding carboxylic acids is 4. The summed E-state index contributed by atoms with van der Waals surface area (Å²) in [5, 5.41) is 10.6. The predicted octanol–water partition coefficient (Wildman–Crippen LogP) is 24.0. The van der Waals surface area contributed by atoms with E-state index in [0.717, 1.165) is 167 Å². The Bertz CT molecular complexity index is 2630. The Hall–Kier alpha value is -5.32. The van der Waals surface area contributed by atoms with Crippen LogP contribution in [0, 0.1) is 0 Å². The maximum Gasteiger partial charge on any atom is 0.472 e. The van der Waals surface area contributed by atoms with Gasteiger partial charge < -0.3 is 33.8 Å². The Morgan fingerprint density at radius 1 is 0.274 bits per heavy atom. The second kappa shape index (κ2) is 77.8. The summed E-state index contributed by atoms with van der Waals surface area (Å²) >= 11 is 0. The molecule has 0 heterocycles. The van der Waals surface area contributed by atoms with Crippen molar-refractivity contribution in [3.8, 4) is 0 Å². The number of phosphoric acid groups is 2. The number of hydrogen-bond acceptors (Lipinski definition) is 15. The molecule has 3 N–H and O–H groups in total. The summed E-state index contributed by atoms with van der Waals surface area (Å²) in [7, 11) is -10.00. The van der Waals surface area contributed by atoms with Crippen LogP contribution in [0.2, 0.25) is 0 Å². The minimum atomic E-state index is -5.01. The van der Waals surface area contributed by atoms with Crippen molar-refractivity contribution in [2.45, 2.75) is 329 Å². The molecule has 0 fully saturated rings. The van der Waals surface area contributed by atoms with Crippen molar-refractivity contribution in [3.05, 3.63) is 158 Å². The van der Waals surface area contributed by atoms with Crippen LogP contribution in [0.25, 0.3) is 0 Å². The molecular formula is C87H144O17P2. The highest BCUT2D eigenvalue weighted by Gasteiger charge is 2.30. The molecule has 5 unspecified atom stereocenters. The largest absolute Gasteiger partial charge is 0.472 e. The molecule has 0 aromatic carbocycles. The Morgan fingerprint density at radius 2 is 0.500 bits per heavy atom. The van der Waals surface area contributed by atoms with Gasteiger partial charge in [-0.15, -0.1) is 0 Å². The molecule has 0 aliphatic carbocycles. The summed E-state index contributed by atoms with van der Waals surface area (Å²) in [4.78, 5) is 73.0. The first-order chi connectivity index (χ1) is 51.7. The predicted molar refractivity (Wildman–Crippen MR) is 436 cm³/mol. The zero-order valence-electron chi connectivity index (χ0n) is 66.1. The van der Waals surface area contributed by atoms with E-state index in [1.165, 1.54) is 57.8 Å². The van der Waals surface area contributed by atoms with Crippen LogP contribution in [0.5, 0.6) is 0 Å². The average molecular weight is 1520 g/mol. The molecule has 0 radical (unpaired) electrons.